The first-order valence-electron chi connectivity index (χ1n) is 6.67. The first-order chi connectivity index (χ1) is 9.31. The molecule has 1 aromatic carbocycles. The van der Waals surface area contributed by atoms with E-state index in [-0.39, 0.29) is 12.6 Å². The van der Waals surface area contributed by atoms with Crippen molar-refractivity contribution in [3.8, 4) is 0 Å². The monoisotopic (exact) mass is 343 g/mol. The molecule has 1 rings (SSSR count). The van der Waals surface area contributed by atoms with Crippen molar-refractivity contribution < 1.29 is 14.6 Å². The molecule has 0 aliphatic heterocycles. The lowest BCUT2D eigenvalue weighted by molar-refractivity contribution is 0.0498. The minimum atomic E-state index is -0.522. The normalized spacial score (nSPS) is 12.8. The van der Waals surface area contributed by atoms with Crippen molar-refractivity contribution in [3.63, 3.8) is 0 Å². The molecule has 2 N–H and O–H groups in total. The van der Waals surface area contributed by atoms with E-state index in [1.165, 1.54) is 0 Å². The Bertz CT molecular complexity index is 426. The smallest absolute Gasteiger partial charge is 0.408 e. The molecule has 5 heteroatoms. The van der Waals surface area contributed by atoms with Crippen LogP contribution < -0.4 is 5.32 Å². The third-order valence-corrected chi connectivity index (χ3v) is 3.14. The highest BCUT2D eigenvalue weighted by molar-refractivity contribution is 9.10. The Kier molecular flexibility index (Phi) is 6.49. The summed E-state index contributed by atoms with van der Waals surface area (Å²) in [5.74, 6) is 0. The fourth-order valence-electron chi connectivity index (χ4n) is 1.76. The Balaban J connectivity index is 2.74. The molecule has 0 fully saturated rings. The SMILES string of the molecule is CC(C)(C)OC(=O)N[C@@H](CCCO)c1ccc(Br)cc1. The van der Waals surface area contributed by atoms with Crippen LogP contribution in [0.25, 0.3) is 0 Å². The summed E-state index contributed by atoms with van der Waals surface area (Å²) in [6, 6.07) is 7.59. The van der Waals surface area contributed by atoms with Crippen LogP contribution in [0.5, 0.6) is 0 Å². The van der Waals surface area contributed by atoms with Gasteiger partial charge in [-0.2, -0.15) is 0 Å². The van der Waals surface area contributed by atoms with Gasteiger partial charge in [-0.1, -0.05) is 28.1 Å². The standard InChI is InChI=1S/C15H22BrNO3/c1-15(2,3)20-14(19)17-13(5-4-10-18)11-6-8-12(16)9-7-11/h6-9,13,18H,4-5,10H2,1-3H3,(H,17,19)/t13-/m0/s1. The predicted octanol–water partition coefficient (Wildman–Crippen LogP) is 3.79. The van der Waals surface area contributed by atoms with Gasteiger partial charge in [-0.15, -0.1) is 0 Å². The molecule has 1 atom stereocenters. The highest BCUT2D eigenvalue weighted by Gasteiger charge is 2.20. The average molecular weight is 344 g/mol. The number of aliphatic hydroxyl groups is 1. The number of hydrogen-bond acceptors (Lipinski definition) is 3. The summed E-state index contributed by atoms with van der Waals surface area (Å²) in [5, 5.41) is 11.8. The number of aliphatic hydroxyl groups excluding tert-OH is 1. The molecule has 0 spiro atoms. The second-order valence-corrected chi connectivity index (χ2v) is 6.53. The van der Waals surface area contributed by atoms with E-state index in [1.54, 1.807) is 0 Å². The minimum absolute atomic E-state index is 0.100. The van der Waals surface area contributed by atoms with E-state index in [0.29, 0.717) is 12.8 Å². The molecule has 0 unspecified atom stereocenters. The third kappa shape index (κ3) is 6.39. The van der Waals surface area contributed by atoms with Gasteiger partial charge in [0.1, 0.15) is 5.60 Å². The molecule has 0 heterocycles. The second kappa shape index (κ2) is 7.64. The summed E-state index contributed by atoms with van der Waals surface area (Å²) in [5.41, 5.74) is 0.471. The van der Waals surface area contributed by atoms with Gasteiger partial charge in [0.2, 0.25) is 0 Å². The van der Waals surface area contributed by atoms with Gasteiger partial charge in [0, 0.05) is 11.1 Å². The number of hydrogen-bond donors (Lipinski definition) is 2. The van der Waals surface area contributed by atoms with Crippen LogP contribution in [0.4, 0.5) is 4.79 Å². The molecule has 0 bridgehead atoms. The highest BCUT2D eigenvalue weighted by Crippen LogP contribution is 2.21. The number of carbonyl (C=O) groups excluding carboxylic acids is 1. The molecule has 0 saturated heterocycles. The quantitative estimate of drug-likeness (QED) is 0.854. The average Bonchev–Trinajstić information content (AvgIpc) is 2.33. The van der Waals surface area contributed by atoms with Gasteiger partial charge in [0.25, 0.3) is 0 Å². The number of amides is 1. The Morgan fingerprint density at radius 3 is 2.45 bits per heavy atom. The summed E-state index contributed by atoms with van der Waals surface area (Å²) in [6.45, 7) is 5.59. The molecule has 4 nitrogen and oxygen atoms in total. The summed E-state index contributed by atoms with van der Waals surface area (Å²) in [4.78, 5) is 11.9. The molecule has 0 saturated carbocycles. The van der Waals surface area contributed by atoms with E-state index in [2.05, 4.69) is 21.2 Å². The minimum Gasteiger partial charge on any atom is -0.444 e. The maximum Gasteiger partial charge on any atom is 0.408 e. The molecule has 1 amide bonds. The van der Waals surface area contributed by atoms with E-state index < -0.39 is 11.7 Å². The zero-order valence-corrected chi connectivity index (χ0v) is 13.7. The number of benzene rings is 1. The van der Waals surface area contributed by atoms with Crippen molar-refractivity contribution in [2.75, 3.05) is 6.61 Å². The zero-order valence-electron chi connectivity index (χ0n) is 12.1. The van der Waals surface area contributed by atoms with Crippen LogP contribution in [-0.4, -0.2) is 23.4 Å². The molecule has 0 aliphatic rings. The van der Waals surface area contributed by atoms with Crippen molar-refractivity contribution in [3.05, 3.63) is 34.3 Å². The molecule has 20 heavy (non-hydrogen) atoms. The van der Waals surface area contributed by atoms with E-state index in [4.69, 9.17) is 9.84 Å². The Morgan fingerprint density at radius 1 is 1.35 bits per heavy atom. The fraction of sp³-hybridized carbons (Fsp3) is 0.533. The number of alkyl carbamates (subject to hydrolysis) is 1. The molecule has 0 aliphatic carbocycles. The fourth-order valence-corrected chi connectivity index (χ4v) is 2.03. The maximum atomic E-state index is 11.9. The lowest BCUT2D eigenvalue weighted by Crippen LogP contribution is -2.35. The van der Waals surface area contributed by atoms with Crippen molar-refractivity contribution >= 4 is 22.0 Å². The predicted molar refractivity (Wildman–Crippen MR) is 82.6 cm³/mol. The molecule has 0 aromatic heterocycles. The Hall–Kier alpha value is -1.07. The van der Waals surface area contributed by atoms with Gasteiger partial charge >= 0.3 is 6.09 Å². The zero-order chi connectivity index (χ0) is 15.2. The lowest BCUT2D eigenvalue weighted by Gasteiger charge is -2.24. The molecular weight excluding hydrogens is 322 g/mol. The maximum absolute atomic E-state index is 11.9. The second-order valence-electron chi connectivity index (χ2n) is 5.62. The van der Waals surface area contributed by atoms with E-state index >= 15 is 0 Å². The van der Waals surface area contributed by atoms with Gasteiger partial charge in [-0.3, -0.25) is 0 Å². The van der Waals surface area contributed by atoms with Crippen LogP contribution in [0.15, 0.2) is 28.7 Å². The lowest BCUT2D eigenvalue weighted by atomic mass is 10.0. The van der Waals surface area contributed by atoms with Gasteiger partial charge in [-0.05, 0) is 51.3 Å². The van der Waals surface area contributed by atoms with Crippen LogP contribution >= 0.6 is 15.9 Å². The summed E-state index contributed by atoms with van der Waals surface area (Å²) in [7, 11) is 0. The Labute approximate surface area is 128 Å². The van der Waals surface area contributed by atoms with Crippen molar-refractivity contribution in [1.82, 2.24) is 5.32 Å². The number of halogens is 1. The van der Waals surface area contributed by atoms with Crippen molar-refractivity contribution in [2.24, 2.45) is 0 Å². The molecule has 1 aromatic rings. The number of nitrogens with one attached hydrogen (secondary N) is 1. The summed E-state index contributed by atoms with van der Waals surface area (Å²) < 4.78 is 6.26. The van der Waals surface area contributed by atoms with Gasteiger partial charge in [0.15, 0.2) is 0 Å². The molecular formula is C15H22BrNO3. The van der Waals surface area contributed by atoms with E-state index in [1.807, 2.05) is 45.0 Å². The van der Waals surface area contributed by atoms with Crippen LogP contribution in [0.2, 0.25) is 0 Å². The van der Waals surface area contributed by atoms with Crippen LogP contribution in [0, 0.1) is 0 Å². The Morgan fingerprint density at radius 2 is 1.95 bits per heavy atom. The number of ether oxygens (including phenoxy) is 1. The largest absolute Gasteiger partial charge is 0.444 e. The van der Waals surface area contributed by atoms with Crippen LogP contribution in [-0.2, 0) is 4.74 Å². The van der Waals surface area contributed by atoms with Crippen molar-refractivity contribution in [2.45, 2.75) is 45.3 Å². The topological polar surface area (TPSA) is 58.6 Å². The van der Waals surface area contributed by atoms with Gasteiger partial charge in [-0.25, -0.2) is 4.79 Å². The summed E-state index contributed by atoms with van der Waals surface area (Å²) >= 11 is 3.39. The van der Waals surface area contributed by atoms with Crippen LogP contribution in [0.1, 0.15) is 45.2 Å². The number of carbonyl (C=O) groups is 1. The first kappa shape index (κ1) is 17.0. The van der Waals surface area contributed by atoms with E-state index in [9.17, 15) is 4.79 Å². The molecule has 0 radical (unpaired) electrons. The summed E-state index contributed by atoms with van der Waals surface area (Å²) in [6.07, 6.45) is 0.844. The number of rotatable bonds is 5. The third-order valence-electron chi connectivity index (χ3n) is 2.61. The molecule has 112 valence electrons. The van der Waals surface area contributed by atoms with Crippen molar-refractivity contribution in [1.29, 1.82) is 0 Å². The first-order valence-corrected chi connectivity index (χ1v) is 7.47. The van der Waals surface area contributed by atoms with Gasteiger partial charge in [0.05, 0.1) is 6.04 Å². The van der Waals surface area contributed by atoms with Crippen LogP contribution in [0.3, 0.4) is 0 Å². The van der Waals surface area contributed by atoms with E-state index in [0.717, 1.165) is 10.0 Å². The highest BCUT2D eigenvalue weighted by atomic mass is 79.9. The van der Waals surface area contributed by atoms with Gasteiger partial charge < -0.3 is 15.2 Å².